The number of carbonyl (C=O) groups is 1. The van der Waals surface area contributed by atoms with Gasteiger partial charge in [-0.05, 0) is 17.9 Å². The molecule has 1 amide bonds. The van der Waals surface area contributed by atoms with Crippen molar-refractivity contribution in [1.82, 2.24) is 5.32 Å². The van der Waals surface area contributed by atoms with Gasteiger partial charge in [-0.1, -0.05) is 6.07 Å². The highest BCUT2D eigenvalue weighted by Gasteiger charge is 2.54. The second-order valence-electron chi connectivity index (χ2n) is 5.26. The number of hydrogen-bond donors (Lipinski definition) is 1. The third-order valence-electron chi connectivity index (χ3n) is 4.13. The highest BCUT2D eigenvalue weighted by molar-refractivity contribution is 7.10. The minimum Gasteiger partial charge on any atom is -0.384 e. The maximum Gasteiger partial charge on any atom is 0.225 e. The third-order valence-corrected chi connectivity index (χ3v) is 5.01. The first kappa shape index (κ1) is 13.1. The molecule has 2 fully saturated rings. The van der Waals surface area contributed by atoms with E-state index < -0.39 is 0 Å². The van der Waals surface area contributed by atoms with Crippen LogP contribution in [0.2, 0.25) is 0 Å². The molecule has 1 aliphatic carbocycles. The van der Waals surface area contributed by atoms with Crippen LogP contribution in [0.4, 0.5) is 0 Å². The molecule has 3 rings (SSSR count). The average Bonchev–Trinajstić information content (AvgIpc) is 3.02. The molecule has 5 heteroatoms. The van der Waals surface area contributed by atoms with Crippen molar-refractivity contribution in [3.8, 4) is 0 Å². The Morgan fingerprint density at radius 3 is 3.26 bits per heavy atom. The lowest BCUT2D eigenvalue weighted by Gasteiger charge is -2.47. The molecule has 2 heterocycles. The molecule has 104 valence electrons. The Kier molecular flexibility index (Phi) is 3.86. The summed E-state index contributed by atoms with van der Waals surface area (Å²) in [7, 11) is 1.70. The third kappa shape index (κ3) is 2.55. The predicted octanol–water partition coefficient (Wildman–Crippen LogP) is 1.46. The smallest absolute Gasteiger partial charge is 0.225 e. The maximum atomic E-state index is 12.1. The van der Waals surface area contributed by atoms with E-state index in [4.69, 9.17) is 9.47 Å². The first-order valence-electron chi connectivity index (χ1n) is 6.72. The minimum atomic E-state index is 0.110. The SMILES string of the molecule is COC[C@H]1[C@@H](NC(=O)Cc2cccs2)[C@H]2CCO[C@H]21. The van der Waals surface area contributed by atoms with E-state index in [2.05, 4.69) is 5.32 Å². The van der Waals surface area contributed by atoms with Crippen LogP contribution in [0.15, 0.2) is 17.5 Å². The normalized spacial score (nSPS) is 32.7. The minimum absolute atomic E-state index is 0.110. The van der Waals surface area contributed by atoms with Crippen LogP contribution in [0.25, 0.3) is 0 Å². The molecular formula is C14H19NO3S. The number of hydrogen-bond acceptors (Lipinski definition) is 4. The topological polar surface area (TPSA) is 47.6 Å². The lowest BCUT2D eigenvalue weighted by molar-refractivity contribution is -0.129. The molecule has 0 spiro atoms. The van der Waals surface area contributed by atoms with E-state index in [1.165, 1.54) is 0 Å². The van der Waals surface area contributed by atoms with Crippen LogP contribution in [-0.2, 0) is 20.7 Å². The van der Waals surface area contributed by atoms with Gasteiger partial charge in [0.1, 0.15) is 0 Å². The van der Waals surface area contributed by atoms with Crippen molar-refractivity contribution in [3.05, 3.63) is 22.4 Å². The monoisotopic (exact) mass is 281 g/mol. The van der Waals surface area contributed by atoms with E-state index in [1.54, 1.807) is 18.4 Å². The summed E-state index contributed by atoms with van der Waals surface area (Å²) in [6.07, 6.45) is 1.81. The van der Waals surface area contributed by atoms with E-state index in [9.17, 15) is 4.79 Å². The van der Waals surface area contributed by atoms with Gasteiger partial charge in [-0.3, -0.25) is 4.79 Å². The number of carbonyl (C=O) groups excluding carboxylic acids is 1. The highest BCUT2D eigenvalue weighted by Crippen LogP contribution is 2.43. The first-order chi connectivity index (χ1) is 9.29. The molecule has 4 atom stereocenters. The fourth-order valence-corrected chi connectivity index (χ4v) is 3.95. The van der Waals surface area contributed by atoms with E-state index in [1.807, 2.05) is 17.5 Å². The van der Waals surface area contributed by atoms with Gasteiger partial charge in [0, 0.05) is 36.5 Å². The molecule has 1 saturated heterocycles. The number of rotatable bonds is 5. The lowest BCUT2D eigenvalue weighted by atomic mass is 9.67. The molecule has 1 N–H and O–H groups in total. The van der Waals surface area contributed by atoms with Gasteiger partial charge in [-0.25, -0.2) is 0 Å². The Morgan fingerprint density at radius 1 is 1.63 bits per heavy atom. The van der Waals surface area contributed by atoms with Gasteiger partial charge in [0.15, 0.2) is 0 Å². The van der Waals surface area contributed by atoms with Crippen molar-refractivity contribution < 1.29 is 14.3 Å². The van der Waals surface area contributed by atoms with Crippen LogP contribution in [0, 0.1) is 11.8 Å². The molecule has 1 saturated carbocycles. The van der Waals surface area contributed by atoms with E-state index in [0.717, 1.165) is 17.9 Å². The summed E-state index contributed by atoms with van der Waals surface area (Å²) in [4.78, 5) is 13.2. The average molecular weight is 281 g/mol. The van der Waals surface area contributed by atoms with Gasteiger partial charge in [-0.15, -0.1) is 11.3 Å². The van der Waals surface area contributed by atoms with Crippen molar-refractivity contribution in [2.75, 3.05) is 20.3 Å². The fourth-order valence-electron chi connectivity index (χ4n) is 3.24. The molecule has 19 heavy (non-hydrogen) atoms. The molecule has 0 aromatic carbocycles. The second kappa shape index (κ2) is 5.61. The summed E-state index contributed by atoms with van der Waals surface area (Å²) in [6, 6.07) is 4.20. The van der Waals surface area contributed by atoms with Gasteiger partial charge in [0.05, 0.1) is 19.1 Å². The summed E-state index contributed by atoms with van der Waals surface area (Å²) >= 11 is 1.62. The van der Waals surface area contributed by atoms with Gasteiger partial charge in [0.2, 0.25) is 5.91 Å². The number of thiophene rings is 1. The number of nitrogens with one attached hydrogen (secondary N) is 1. The van der Waals surface area contributed by atoms with Crippen molar-refractivity contribution in [1.29, 1.82) is 0 Å². The highest BCUT2D eigenvalue weighted by atomic mass is 32.1. The number of fused-ring (bicyclic) bond motifs is 1. The standard InChI is InChI=1S/C14H19NO3S/c1-17-8-11-13(10-4-5-18-14(10)11)15-12(16)7-9-3-2-6-19-9/h2-3,6,10-11,13-14H,4-5,7-8H2,1H3,(H,15,16)/t10-,11+,13+,14-/m1/s1. The molecule has 0 bridgehead atoms. The molecule has 4 nitrogen and oxygen atoms in total. The zero-order valence-electron chi connectivity index (χ0n) is 11.0. The second-order valence-corrected chi connectivity index (χ2v) is 6.29. The van der Waals surface area contributed by atoms with Crippen molar-refractivity contribution in [2.24, 2.45) is 11.8 Å². The van der Waals surface area contributed by atoms with Crippen LogP contribution in [0.1, 0.15) is 11.3 Å². The molecule has 0 radical (unpaired) electrons. The first-order valence-corrected chi connectivity index (χ1v) is 7.60. The summed E-state index contributed by atoms with van der Waals surface area (Å²) in [5.41, 5.74) is 0. The van der Waals surface area contributed by atoms with E-state index in [-0.39, 0.29) is 18.1 Å². The van der Waals surface area contributed by atoms with Crippen LogP contribution >= 0.6 is 11.3 Å². The number of amides is 1. The number of ether oxygens (including phenoxy) is 2. The van der Waals surface area contributed by atoms with E-state index in [0.29, 0.717) is 24.9 Å². The van der Waals surface area contributed by atoms with Crippen molar-refractivity contribution in [2.45, 2.75) is 25.0 Å². The van der Waals surface area contributed by atoms with Crippen LogP contribution < -0.4 is 5.32 Å². The maximum absolute atomic E-state index is 12.1. The van der Waals surface area contributed by atoms with Crippen LogP contribution in [0.5, 0.6) is 0 Å². The zero-order valence-corrected chi connectivity index (χ0v) is 11.8. The quantitative estimate of drug-likeness (QED) is 0.889. The largest absolute Gasteiger partial charge is 0.384 e. The Hall–Kier alpha value is -0.910. The van der Waals surface area contributed by atoms with E-state index >= 15 is 0 Å². The molecule has 1 aromatic rings. The van der Waals surface area contributed by atoms with Gasteiger partial charge in [-0.2, -0.15) is 0 Å². The Morgan fingerprint density at radius 2 is 2.53 bits per heavy atom. The molecular weight excluding hydrogens is 262 g/mol. The molecule has 0 unspecified atom stereocenters. The van der Waals surface area contributed by atoms with Crippen molar-refractivity contribution >= 4 is 17.2 Å². The molecule has 2 aliphatic rings. The van der Waals surface area contributed by atoms with Gasteiger partial charge >= 0.3 is 0 Å². The fraction of sp³-hybridized carbons (Fsp3) is 0.643. The molecule has 1 aliphatic heterocycles. The van der Waals surface area contributed by atoms with Crippen LogP contribution in [0.3, 0.4) is 0 Å². The zero-order chi connectivity index (χ0) is 13.2. The Labute approximate surface area is 117 Å². The number of methoxy groups -OCH3 is 1. The predicted molar refractivity (Wildman–Crippen MR) is 73.2 cm³/mol. The molecule has 1 aromatic heterocycles. The Bertz CT molecular complexity index is 434. The van der Waals surface area contributed by atoms with Crippen LogP contribution in [-0.4, -0.2) is 38.4 Å². The summed E-state index contributed by atoms with van der Waals surface area (Å²) < 4.78 is 10.9. The van der Waals surface area contributed by atoms with Gasteiger partial charge in [0.25, 0.3) is 0 Å². The Balaban J connectivity index is 1.57. The lowest BCUT2D eigenvalue weighted by Crippen LogP contribution is -2.62. The summed E-state index contributed by atoms with van der Waals surface area (Å²) in [5, 5.41) is 5.17. The van der Waals surface area contributed by atoms with Gasteiger partial charge < -0.3 is 14.8 Å². The summed E-state index contributed by atoms with van der Waals surface area (Å²) in [6.45, 7) is 1.47. The van der Waals surface area contributed by atoms with Crippen molar-refractivity contribution in [3.63, 3.8) is 0 Å². The summed E-state index contributed by atoms with van der Waals surface area (Å²) in [5.74, 6) is 0.899.